The van der Waals surface area contributed by atoms with Crippen molar-refractivity contribution in [3.8, 4) is 5.88 Å². The first-order valence-electron chi connectivity index (χ1n) is 5.82. The summed E-state index contributed by atoms with van der Waals surface area (Å²) in [4.78, 5) is 3.60. The Morgan fingerprint density at radius 3 is 2.22 bits per heavy atom. The van der Waals surface area contributed by atoms with Crippen LogP contribution in [0.4, 0.5) is 4.39 Å². The third-order valence-electron chi connectivity index (χ3n) is 3.53. The highest BCUT2D eigenvalue weighted by Gasteiger charge is 2.51. The fourth-order valence-corrected chi connectivity index (χ4v) is 1.71. The van der Waals surface area contributed by atoms with E-state index in [9.17, 15) is 4.39 Å². The topological polar surface area (TPSA) is 40.6 Å². The molecule has 0 aromatic carbocycles. The van der Waals surface area contributed by atoms with Crippen LogP contribution in [0.5, 0.6) is 5.88 Å². The van der Waals surface area contributed by atoms with Crippen LogP contribution in [-0.4, -0.2) is 30.4 Å². The first-order chi connectivity index (χ1) is 8.25. The molecule has 2 heterocycles. The lowest BCUT2D eigenvalue weighted by Gasteiger charge is -2.32. The van der Waals surface area contributed by atoms with Crippen molar-refractivity contribution in [2.24, 2.45) is 0 Å². The zero-order valence-electron chi connectivity index (χ0n) is 11.3. The molecule has 1 aliphatic heterocycles. The molecule has 1 aromatic rings. The van der Waals surface area contributed by atoms with Gasteiger partial charge >= 0.3 is 7.12 Å². The molecular weight excluding hydrogens is 236 g/mol. The maximum atomic E-state index is 13.4. The predicted molar refractivity (Wildman–Crippen MR) is 66.5 cm³/mol. The number of rotatable bonds is 2. The molecule has 0 spiro atoms. The molecule has 18 heavy (non-hydrogen) atoms. The average Bonchev–Trinajstić information content (AvgIpc) is 2.47. The SMILES string of the molecule is COc1cc(B2OC(C)(C)C(C)(C)O2)cc(F)n1. The van der Waals surface area contributed by atoms with Crippen molar-refractivity contribution < 1.29 is 18.4 Å². The third-order valence-corrected chi connectivity index (χ3v) is 3.53. The Balaban J connectivity index is 2.32. The smallest absolute Gasteiger partial charge is 0.481 e. The molecule has 2 rings (SSSR count). The molecule has 0 unspecified atom stereocenters. The average molecular weight is 253 g/mol. The van der Waals surface area contributed by atoms with Gasteiger partial charge in [0.05, 0.1) is 18.3 Å². The van der Waals surface area contributed by atoms with E-state index in [1.54, 1.807) is 6.07 Å². The Kier molecular flexibility index (Phi) is 3.11. The van der Waals surface area contributed by atoms with Gasteiger partial charge in [-0.25, -0.2) is 0 Å². The Bertz CT molecular complexity index is 449. The van der Waals surface area contributed by atoms with Gasteiger partial charge in [-0.15, -0.1) is 0 Å². The molecule has 0 atom stereocenters. The minimum Gasteiger partial charge on any atom is -0.481 e. The van der Waals surface area contributed by atoms with Crippen LogP contribution >= 0.6 is 0 Å². The van der Waals surface area contributed by atoms with Gasteiger partial charge in [0.15, 0.2) is 0 Å². The van der Waals surface area contributed by atoms with Crippen molar-refractivity contribution in [1.29, 1.82) is 0 Å². The van der Waals surface area contributed by atoms with Crippen LogP contribution in [0.15, 0.2) is 12.1 Å². The number of hydrogen-bond donors (Lipinski definition) is 0. The number of pyridine rings is 1. The molecule has 0 saturated carbocycles. The van der Waals surface area contributed by atoms with E-state index in [4.69, 9.17) is 14.0 Å². The van der Waals surface area contributed by atoms with Crippen molar-refractivity contribution in [1.82, 2.24) is 4.98 Å². The van der Waals surface area contributed by atoms with Gasteiger partial charge in [0, 0.05) is 6.07 Å². The molecule has 0 N–H and O–H groups in total. The second-order valence-corrected chi connectivity index (χ2v) is 5.35. The van der Waals surface area contributed by atoms with Crippen LogP contribution in [0.25, 0.3) is 0 Å². The zero-order chi connectivity index (χ0) is 13.6. The van der Waals surface area contributed by atoms with Crippen LogP contribution in [0.1, 0.15) is 27.7 Å². The van der Waals surface area contributed by atoms with Gasteiger partial charge in [-0.3, -0.25) is 0 Å². The van der Waals surface area contributed by atoms with Gasteiger partial charge in [0.2, 0.25) is 11.8 Å². The van der Waals surface area contributed by atoms with Crippen molar-refractivity contribution in [3.05, 3.63) is 18.1 Å². The first-order valence-corrected chi connectivity index (χ1v) is 5.82. The zero-order valence-corrected chi connectivity index (χ0v) is 11.3. The molecule has 98 valence electrons. The summed E-state index contributed by atoms with van der Waals surface area (Å²) in [6.45, 7) is 7.78. The summed E-state index contributed by atoms with van der Waals surface area (Å²) in [6.07, 6.45) is 0. The predicted octanol–water partition coefficient (Wildman–Crippen LogP) is 1.53. The van der Waals surface area contributed by atoms with Crippen LogP contribution in [-0.2, 0) is 9.31 Å². The van der Waals surface area contributed by atoms with Crippen molar-refractivity contribution in [2.75, 3.05) is 7.11 Å². The summed E-state index contributed by atoms with van der Waals surface area (Å²) < 4.78 is 30.0. The molecule has 0 bridgehead atoms. The van der Waals surface area contributed by atoms with Gasteiger partial charge in [-0.05, 0) is 39.2 Å². The van der Waals surface area contributed by atoms with Crippen LogP contribution in [0.2, 0.25) is 0 Å². The normalized spacial score (nSPS) is 21.1. The van der Waals surface area contributed by atoms with Gasteiger partial charge in [-0.2, -0.15) is 9.37 Å². The second kappa shape index (κ2) is 4.21. The molecule has 1 saturated heterocycles. The fraction of sp³-hybridized carbons (Fsp3) is 0.583. The second-order valence-electron chi connectivity index (χ2n) is 5.35. The minimum atomic E-state index is -0.612. The quantitative estimate of drug-likeness (QED) is 0.592. The molecule has 4 nitrogen and oxygen atoms in total. The van der Waals surface area contributed by atoms with Crippen molar-refractivity contribution >= 4 is 12.6 Å². The third kappa shape index (κ3) is 2.22. The molecule has 1 fully saturated rings. The molecule has 0 aliphatic carbocycles. The molecule has 0 amide bonds. The lowest BCUT2D eigenvalue weighted by molar-refractivity contribution is 0.00578. The lowest BCUT2D eigenvalue weighted by atomic mass is 9.80. The van der Waals surface area contributed by atoms with E-state index < -0.39 is 24.3 Å². The van der Waals surface area contributed by atoms with Crippen molar-refractivity contribution in [3.63, 3.8) is 0 Å². The number of nitrogens with zero attached hydrogens (tertiary/aromatic N) is 1. The first kappa shape index (κ1) is 13.3. The number of hydrogen-bond acceptors (Lipinski definition) is 4. The van der Waals surface area contributed by atoms with Crippen LogP contribution in [0.3, 0.4) is 0 Å². The van der Waals surface area contributed by atoms with E-state index in [0.717, 1.165) is 0 Å². The summed E-state index contributed by atoms with van der Waals surface area (Å²) in [7, 11) is 0.830. The van der Waals surface area contributed by atoms with E-state index >= 15 is 0 Å². The van der Waals surface area contributed by atoms with E-state index in [1.165, 1.54) is 13.2 Å². The van der Waals surface area contributed by atoms with E-state index in [1.807, 2.05) is 27.7 Å². The minimum absolute atomic E-state index is 0.208. The summed E-state index contributed by atoms with van der Waals surface area (Å²) in [5, 5.41) is 0. The summed E-state index contributed by atoms with van der Waals surface area (Å²) in [5.74, 6) is -0.404. The fourth-order valence-electron chi connectivity index (χ4n) is 1.71. The van der Waals surface area contributed by atoms with Gasteiger partial charge in [0.1, 0.15) is 0 Å². The Hall–Kier alpha value is -1.14. The largest absolute Gasteiger partial charge is 0.495 e. The standard InChI is InChI=1S/C12H17BFNO3/c1-11(2)12(3,4)18-13(17-11)8-6-9(14)15-10(7-8)16-5/h6-7H,1-5H3. The summed E-state index contributed by atoms with van der Waals surface area (Å²) >= 11 is 0. The molecule has 6 heteroatoms. The summed E-state index contributed by atoms with van der Waals surface area (Å²) in [5.41, 5.74) is -0.340. The van der Waals surface area contributed by atoms with Crippen molar-refractivity contribution in [2.45, 2.75) is 38.9 Å². The van der Waals surface area contributed by atoms with Gasteiger partial charge < -0.3 is 14.0 Å². The monoisotopic (exact) mass is 253 g/mol. The van der Waals surface area contributed by atoms with E-state index in [0.29, 0.717) is 5.46 Å². The van der Waals surface area contributed by atoms with E-state index in [-0.39, 0.29) is 5.88 Å². The van der Waals surface area contributed by atoms with Gasteiger partial charge in [-0.1, -0.05) is 0 Å². The number of aromatic nitrogens is 1. The highest BCUT2D eigenvalue weighted by atomic mass is 19.1. The Morgan fingerprint density at radius 1 is 1.17 bits per heavy atom. The maximum Gasteiger partial charge on any atom is 0.495 e. The van der Waals surface area contributed by atoms with Gasteiger partial charge in [0.25, 0.3) is 0 Å². The number of ether oxygens (including phenoxy) is 1. The Labute approximate surface area is 107 Å². The number of methoxy groups -OCH3 is 1. The number of halogens is 1. The molecule has 0 radical (unpaired) electrons. The maximum absolute atomic E-state index is 13.4. The van der Waals surface area contributed by atoms with Crippen LogP contribution < -0.4 is 10.2 Å². The van der Waals surface area contributed by atoms with E-state index in [2.05, 4.69) is 4.98 Å². The molecular formula is C12H17BFNO3. The molecule has 1 aromatic heterocycles. The molecule has 1 aliphatic rings. The Morgan fingerprint density at radius 2 is 1.72 bits per heavy atom. The lowest BCUT2D eigenvalue weighted by Crippen LogP contribution is -2.41. The summed E-state index contributed by atoms with van der Waals surface area (Å²) in [6, 6.07) is 2.91. The highest BCUT2D eigenvalue weighted by molar-refractivity contribution is 6.62. The van der Waals surface area contributed by atoms with Crippen LogP contribution in [0, 0.1) is 5.95 Å². The highest BCUT2D eigenvalue weighted by Crippen LogP contribution is 2.36.